The normalized spacial score (nSPS) is 21.1. The zero-order chi connectivity index (χ0) is 16.1. The third-order valence-corrected chi connectivity index (χ3v) is 5.06. The summed E-state index contributed by atoms with van der Waals surface area (Å²) in [6, 6.07) is 0. The van der Waals surface area contributed by atoms with Crippen LogP contribution in [0.4, 0.5) is 0 Å². The highest BCUT2D eigenvalue weighted by atomic mass is 16.3. The number of rotatable bonds is 14. The fraction of sp³-hybridized carbons (Fsp3) is 0.842. The molecule has 1 N–H and O–H groups in total. The molecule has 0 spiro atoms. The molecule has 0 bridgehead atoms. The summed E-state index contributed by atoms with van der Waals surface area (Å²) in [4.78, 5) is 4.72. The molecule has 1 unspecified atom stereocenters. The number of hydrogen-bond acceptors (Lipinski definition) is 2. The average molecular weight is 310 g/mol. The molecule has 0 aliphatic carbocycles. The van der Waals surface area contributed by atoms with Gasteiger partial charge in [-0.05, 0) is 26.2 Å². The number of aliphatic imine (C=N–C) groups is 1. The van der Waals surface area contributed by atoms with E-state index in [1.165, 1.54) is 63.6 Å². The zero-order valence-corrected chi connectivity index (χ0v) is 14.7. The second kappa shape index (κ2) is 11.8. The SMILES string of the molecule is C=CCCCCCCCCCCC1=NCC[N+]1(CC)CCO. The van der Waals surface area contributed by atoms with Crippen molar-refractivity contribution >= 4 is 5.84 Å². The van der Waals surface area contributed by atoms with Crippen LogP contribution in [0.5, 0.6) is 0 Å². The van der Waals surface area contributed by atoms with E-state index in [0.29, 0.717) is 0 Å². The van der Waals surface area contributed by atoms with Gasteiger partial charge in [-0.25, -0.2) is 4.99 Å². The van der Waals surface area contributed by atoms with Crippen LogP contribution in [-0.2, 0) is 0 Å². The van der Waals surface area contributed by atoms with E-state index in [-0.39, 0.29) is 6.61 Å². The number of allylic oxidation sites excluding steroid dienone is 1. The van der Waals surface area contributed by atoms with Gasteiger partial charge in [0.2, 0.25) is 0 Å². The smallest absolute Gasteiger partial charge is 0.198 e. The Morgan fingerprint density at radius 1 is 1.09 bits per heavy atom. The molecule has 0 radical (unpaired) electrons. The first-order valence-corrected chi connectivity index (χ1v) is 9.41. The summed E-state index contributed by atoms with van der Waals surface area (Å²) < 4.78 is 0.944. The Kier molecular flexibility index (Phi) is 10.4. The van der Waals surface area contributed by atoms with Crippen molar-refractivity contribution in [1.82, 2.24) is 0 Å². The van der Waals surface area contributed by atoms with Crippen molar-refractivity contribution in [1.29, 1.82) is 0 Å². The van der Waals surface area contributed by atoms with Crippen LogP contribution in [0, 0.1) is 0 Å². The number of aliphatic hydroxyl groups is 1. The van der Waals surface area contributed by atoms with Gasteiger partial charge in [0, 0.05) is 6.42 Å². The number of likely N-dealkylation sites (N-methyl/N-ethyl adjacent to an activating group) is 1. The van der Waals surface area contributed by atoms with Crippen molar-refractivity contribution in [3.8, 4) is 0 Å². The van der Waals surface area contributed by atoms with Crippen molar-refractivity contribution in [2.45, 2.75) is 71.1 Å². The minimum atomic E-state index is 0.277. The molecular weight excluding hydrogens is 272 g/mol. The summed E-state index contributed by atoms with van der Waals surface area (Å²) in [7, 11) is 0. The summed E-state index contributed by atoms with van der Waals surface area (Å²) in [5.74, 6) is 1.35. The van der Waals surface area contributed by atoms with E-state index >= 15 is 0 Å². The molecule has 1 heterocycles. The molecule has 0 saturated heterocycles. The number of amidine groups is 1. The molecule has 0 aromatic rings. The predicted molar refractivity (Wildman–Crippen MR) is 96.3 cm³/mol. The number of unbranched alkanes of at least 4 members (excludes halogenated alkanes) is 8. The van der Waals surface area contributed by atoms with Crippen molar-refractivity contribution in [3.05, 3.63) is 12.7 Å². The van der Waals surface area contributed by atoms with Crippen LogP contribution < -0.4 is 0 Å². The number of aliphatic hydroxyl groups excluding tert-OH is 1. The highest BCUT2D eigenvalue weighted by molar-refractivity contribution is 5.76. The molecule has 1 rings (SSSR count). The van der Waals surface area contributed by atoms with Gasteiger partial charge in [-0.15, -0.1) is 6.58 Å². The minimum Gasteiger partial charge on any atom is -0.390 e. The lowest BCUT2D eigenvalue weighted by molar-refractivity contribution is -0.835. The van der Waals surface area contributed by atoms with Crippen LogP contribution >= 0.6 is 0 Å². The molecule has 0 saturated carbocycles. The Hall–Kier alpha value is -0.670. The van der Waals surface area contributed by atoms with Gasteiger partial charge >= 0.3 is 0 Å². The van der Waals surface area contributed by atoms with Gasteiger partial charge in [0.1, 0.15) is 13.1 Å². The lowest BCUT2D eigenvalue weighted by atomic mass is 10.1. The zero-order valence-electron chi connectivity index (χ0n) is 14.7. The van der Waals surface area contributed by atoms with Crippen molar-refractivity contribution in [2.24, 2.45) is 4.99 Å². The topological polar surface area (TPSA) is 32.6 Å². The third-order valence-electron chi connectivity index (χ3n) is 5.06. The lowest BCUT2D eigenvalue weighted by Gasteiger charge is -2.33. The van der Waals surface area contributed by atoms with Crippen molar-refractivity contribution in [2.75, 3.05) is 32.8 Å². The van der Waals surface area contributed by atoms with Gasteiger partial charge in [-0.2, -0.15) is 0 Å². The Balaban J connectivity index is 2.05. The average Bonchev–Trinajstić information content (AvgIpc) is 2.93. The van der Waals surface area contributed by atoms with Crippen LogP contribution in [0.1, 0.15) is 71.1 Å². The summed E-state index contributed by atoms with van der Waals surface area (Å²) in [5, 5.41) is 9.31. The maximum absolute atomic E-state index is 9.31. The molecule has 0 aromatic heterocycles. The van der Waals surface area contributed by atoms with E-state index in [1.807, 2.05) is 6.08 Å². The van der Waals surface area contributed by atoms with Crippen molar-refractivity contribution in [3.63, 3.8) is 0 Å². The summed E-state index contributed by atoms with van der Waals surface area (Å²) >= 11 is 0. The quantitative estimate of drug-likeness (QED) is 0.289. The summed E-state index contributed by atoms with van der Waals surface area (Å²) in [6.07, 6.45) is 15.1. The van der Waals surface area contributed by atoms with Gasteiger partial charge in [-0.3, -0.25) is 4.48 Å². The van der Waals surface area contributed by atoms with E-state index in [0.717, 1.165) is 37.1 Å². The number of quaternary nitrogens is 1. The second-order valence-electron chi connectivity index (χ2n) is 6.59. The van der Waals surface area contributed by atoms with Crippen LogP contribution in [0.2, 0.25) is 0 Å². The van der Waals surface area contributed by atoms with E-state index in [9.17, 15) is 5.11 Å². The molecule has 0 amide bonds. The Morgan fingerprint density at radius 2 is 1.73 bits per heavy atom. The lowest BCUT2D eigenvalue weighted by Crippen LogP contribution is -2.52. The third kappa shape index (κ3) is 6.62. The molecule has 1 atom stereocenters. The standard InChI is InChI=1S/C19H37N2O/c1-3-5-6-7-8-9-10-11-12-13-14-19-20-15-16-21(19,4-2)17-18-22/h3,22H,1,4-18H2,2H3/q+1. The van der Waals surface area contributed by atoms with Crippen LogP contribution in [-0.4, -0.2) is 48.2 Å². The van der Waals surface area contributed by atoms with Crippen LogP contribution in [0.25, 0.3) is 0 Å². The Labute approximate surface area is 137 Å². The number of hydrogen-bond donors (Lipinski definition) is 1. The summed E-state index contributed by atoms with van der Waals surface area (Å²) in [5.41, 5.74) is 0. The Bertz CT molecular complexity index is 327. The second-order valence-corrected chi connectivity index (χ2v) is 6.59. The van der Waals surface area contributed by atoms with Crippen molar-refractivity contribution < 1.29 is 9.59 Å². The minimum absolute atomic E-state index is 0.277. The first kappa shape index (κ1) is 19.4. The van der Waals surface area contributed by atoms with Gasteiger partial charge < -0.3 is 5.11 Å². The molecule has 0 aromatic carbocycles. The van der Waals surface area contributed by atoms with Gasteiger partial charge in [0.05, 0.1) is 19.7 Å². The fourth-order valence-corrected chi connectivity index (χ4v) is 3.53. The fourth-order valence-electron chi connectivity index (χ4n) is 3.53. The highest BCUT2D eigenvalue weighted by Gasteiger charge is 2.35. The first-order chi connectivity index (χ1) is 10.8. The largest absolute Gasteiger partial charge is 0.390 e. The Morgan fingerprint density at radius 3 is 2.32 bits per heavy atom. The van der Waals surface area contributed by atoms with Gasteiger partial charge in [0.25, 0.3) is 0 Å². The molecule has 3 nitrogen and oxygen atoms in total. The molecule has 1 aliphatic rings. The van der Waals surface area contributed by atoms with E-state index in [1.54, 1.807) is 0 Å². The molecule has 22 heavy (non-hydrogen) atoms. The highest BCUT2D eigenvalue weighted by Crippen LogP contribution is 2.20. The summed E-state index contributed by atoms with van der Waals surface area (Å²) in [6.45, 7) is 10.2. The monoisotopic (exact) mass is 309 g/mol. The van der Waals surface area contributed by atoms with Gasteiger partial charge in [0.15, 0.2) is 5.84 Å². The first-order valence-electron chi connectivity index (χ1n) is 9.41. The molecule has 0 fully saturated rings. The maximum atomic E-state index is 9.31. The maximum Gasteiger partial charge on any atom is 0.198 e. The van der Waals surface area contributed by atoms with E-state index in [4.69, 9.17) is 4.99 Å². The van der Waals surface area contributed by atoms with E-state index < -0.39 is 0 Å². The molecule has 1 aliphatic heterocycles. The van der Waals surface area contributed by atoms with E-state index in [2.05, 4.69) is 13.5 Å². The predicted octanol–water partition coefficient (Wildman–Crippen LogP) is 4.31. The number of nitrogens with zero attached hydrogens (tertiary/aromatic N) is 2. The molecule has 128 valence electrons. The van der Waals surface area contributed by atoms with Gasteiger partial charge in [-0.1, -0.05) is 44.6 Å². The van der Waals surface area contributed by atoms with Crippen LogP contribution in [0.15, 0.2) is 17.6 Å². The van der Waals surface area contributed by atoms with Crippen LogP contribution in [0.3, 0.4) is 0 Å². The molecule has 3 heteroatoms. The molecular formula is C19H37N2O+.